The summed E-state index contributed by atoms with van der Waals surface area (Å²) >= 11 is 2.03. The lowest BCUT2D eigenvalue weighted by Gasteiger charge is -2.64. The highest BCUT2D eigenvalue weighted by Gasteiger charge is 2.68. The number of ketones is 1. The molecular formula is C29H33NO2S. The molecule has 1 aliphatic heterocycles. The Morgan fingerprint density at radius 3 is 2.88 bits per heavy atom. The Morgan fingerprint density at radius 1 is 1.30 bits per heavy atom. The predicted octanol–water partition coefficient (Wildman–Crippen LogP) is 6.43. The maximum atomic E-state index is 12.5. The normalized spacial score (nSPS) is 42.8. The van der Waals surface area contributed by atoms with Gasteiger partial charge in [-0.1, -0.05) is 31.2 Å². The number of thioether (sulfide) groups is 1. The van der Waals surface area contributed by atoms with Gasteiger partial charge in [-0.3, -0.25) is 4.79 Å². The topological polar surface area (TPSA) is 61.1 Å². The zero-order valence-corrected chi connectivity index (χ0v) is 20.5. The van der Waals surface area contributed by atoms with Crippen LogP contribution >= 0.6 is 11.8 Å². The minimum atomic E-state index is -0.897. The van der Waals surface area contributed by atoms with Crippen LogP contribution in [0.15, 0.2) is 41.3 Å². The molecule has 3 nitrogen and oxygen atoms in total. The standard InChI is InChI=1S/C29H33NO2S/c1-17(2)18-4-6-21-23-16-27(3)24(9-10-28(27,32)12-13-30)22-7-5-19-15-20(31)8-11-29(19,26(22)23)33-25(21)14-18/h4,6,14-15,22-24,26,32H,1,5,7-12,16H2,2-3H3/t22-,23+,24-,26+,27-,28+,29+/m0/s1. The second kappa shape index (κ2) is 7.09. The summed E-state index contributed by atoms with van der Waals surface area (Å²) in [6, 6.07) is 9.15. The van der Waals surface area contributed by atoms with Crippen molar-refractivity contribution in [2.45, 2.75) is 86.4 Å². The van der Waals surface area contributed by atoms with E-state index in [1.165, 1.54) is 21.6 Å². The Labute approximate surface area is 201 Å². The molecule has 1 heterocycles. The van der Waals surface area contributed by atoms with Gasteiger partial charge < -0.3 is 5.11 Å². The van der Waals surface area contributed by atoms with E-state index in [1.54, 1.807) is 0 Å². The summed E-state index contributed by atoms with van der Waals surface area (Å²) in [7, 11) is 0. The van der Waals surface area contributed by atoms with Crippen molar-refractivity contribution in [3.05, 3.63) is 47.6 Å². The first-order chi connectivity index (χ1) is 15.7. The molecule has 0 unspecified atom stereocenters. The molecule has 3 fully saturated rings. The number of carbonyl (C=O) groups is 1. The Bertz CT molecular complexity index is 1150. The third-order valence-corrected chi connectivity index (χ3v) is 12.0. The fourth-order valence-corrected chi connectivity index (χ4v) is 10.6. The first kappa shape index (κ1) is 21.7. The summed E-state index contributed by atoms with van der Waals surface area (Å²) in [5.41, 5.74) is 3.90. The number of rotatable bonds is 2. The molecule has 6 rings (SSSR count). The molecule has 7 atom stereocenters. The van der Waals surface area contributed by atoms with Crippen LogP contribution in [-0.2, 0) is 4.79 Å². The van der Waals surface area contributed by atoms with E-state index in [0.29, 0.717) is 30.1 Å². The number of carbonyl (C=O) groups excluding carboxylic acids is 1. The van der Waals surface area contributed by atoms with Crippen LogP contribution in [0.1, 0.15) is 82.3 Å². The van der Waals surface area contributed by atoms with Gasteiger partial charge in [-0.25, -0.2) is 0 Å². The van der Waals surface area contributed by atoms with Crippen molar-refractivity contribution < 1.29 is 9.90 Å². The fraction of sp³-hybridized carbons (Fsp3) is 0.586. The SMILES string of the molecule is C=C(C)c1ccc2c(c1)S[C@]13CCC(=O)C=C1CC[C@@H]1[C@@H]3[C@@H]2C[C@@]2(C)[C@H]1CC[C@@]2(O)CC#N. The quantitative estimate of drug-likeness (QED) is 0.554. The van der Waals surface area contributed by atoms with Crippen LogP contribution in [0.4, 0.5) is 0 Å². The van der Waals surface area contributed by atoms with Gasteiger partial charge in [0, 0.05) is 21.5 Å². The second-order valence-electron chi connectivity index (χ2n) is 11.6. The average Bonchev–Trinajstić information content (AvgIpc) is 3.04. The van der Waals surface area contributed by atoms with Gasteiger partial charge in [0.05, 0.1) is 18.1 Å². The van der Waals surface area contributed by atoms with Gasteiger partial charge in [0.2, 0.25) is 0 Å². The lowest BCUT2D eigenvalue weighted by atomic mass is 9.46. The van der Waals surface area contributed by atoms with Gasteiger partial charge in [0.25, 0.3) is 0 Å². The van der Waals surface area contributed by atoms with Crippen molar-refractivity contribution >= 4 is 23.1 Å². The lowest BCUT2D eigenvalue weighted by molar-refractivity contribution is -0.123. The molecule has 0 saturated heterocycles. The molecule has 1 aromatic carbocycles. The third kappa shape index (κ3) is 2.76. The van der Waals surface area contributed by atoms with Crippen LogP contribution in [0, 0.1) is 34.5 Å². The molecule has 1 N–H and O–H groups in total. The molecule has 5 aliphatic rings. The summed E-state index contributed by atoms with van der Waals surface area (Å²) in [6.45, 7) is 8.51. The van der Waals surface area contributed by atoms with E-state index >= 15 is 0 Å². The third-order valence-electron chi connectivity index (χ3n) is 10.3. The number of fused-ring (bicyclic) bond motifs is 4. The molecular weight excluding hydrogens is 426 g/mol. The Balaban J connectivity index is 1.55. The first-order valence-electron chi connectivity index (χ1n) is 12.5. The van der Waals surface area contributed by atoms with Crippen LogP contribution in [0.25, 0.3) is 5.57 Å². The molecule has 1 spiro atoms. The van der Waals surface area contributed by atoms with Crippen molar-refractivity contribution in [3.8, 4) is 6.07 Å². The summed E-state index contributed by atoms with van der Waals surface area (Å²) in [5.74, 6) is 2.13. The average molecular weight is 460 g/mol. The van der Waals surface area contributed by atoms with Gasteiger partial charge in [0.1, 0.15) is 0 Å². The second-order valence-corrected chi connectivity index (χ2v) is 13.0. The molecule has 0 radical (unpaired) electrons. The smallest absolute Gasteiger partial charge is 0.155 e. The van der Waals surface area contributed by atoms with E-state index in [2.05, 4.69) is 44.7 Å². The number of hydrogen-bond acceptors (Lipinski definition) is 4. The highest BCUT2D eigenvalue weighted by atomic mass is 32.2. The summed E-state index contributed by atoms with van der Waals surface area (Å²) < 4.78 is -0.000540. The monoisotopic (exact) mass is 459 g/mol. The number of nitrogens with zero attached hydrogens (tertiary/aromatic N) is 1. The molecule has 172 valence electrons. The summed E-state index contributed by atoms with van der Waals surface area (Å²) in [5, 5.41) is 21.3. The summed E-state index contributed by atoms with van der Waals surface area (Å²) in [4.78, 5) is 13.8. The fourth-order valence-electron chi connectivity index (χ4n) is 8.70. The summed E-state index contributed by atoms with van der Waals surface area (Å²) in [6.07, 6.45) is 8.57. The van der Waals surface area contributed by atoms with Crippen LogP contribution in [0.3, 0.4) is 0 Å². The van der Waals surface area contributed by atoms with Crippen molar-refractivity contribution in [1.82, 2.24) is 0 Å². The van der Waals surface area contributed by atoms with Crippen LogP contribution in [0.5, 0.6) is 0 Å². The minimum Gasteiger partial charge on any atom is -0.388 e. The lowest BCUT2D eigenvalue weighted by Crippen LogP contribution is -2.60. The molecule has 0 aromatic heterocycles. The van der Waals surface area contributed by atoms with E-state index in [-0.39, 0.29) is 22.4 Å². The molecule has 33 heavy (non-hydrogen) atoms. The van der Waals surface area contributed by atoms with Crippen LogP contribution < -0.4 is 0 Å². The first-order valence-corrected chi connectivity index (χ1v) is 13.4. The van der Waals surface area contributed by atoms with E-state index < -0.39 is 5.60 Å². The van der Waals surface area contributed by atoms with E-state index in [4.69, 9.17) is 0 Å². The maximum Gasteiger partial charge on any atom is 0.155 e. The number of allylic oxidation sites excluding steroid dienone is 1. The van der Waals surface area contributed by atoms with E-state index in [9.17, 15) is 15.2 Å². The van der Waals surface area contributed by atoms with Crippen molar-refractivity contribution in [2.24, 2.45) is 23.2 Å². The van der Waals surface area contributed by atoms with E-state index in [1.807, 2.05) is 17.8 Å². The highest BCUT2D eigenvalue weighted by Crippen LogP contribution is 2.74. The molecule has 4 aliphatic carbocycles. The van der Waals surface area contributed by atoms with Crippen molar-refractivity contribution in [1.29, 1.82) is 5.26 Å². The Kier molecular flexibility index (Phi) is 4.66. The number of benzene rings is 1. The molecule has 4 heteroatoms. The van der Waals surface area contributed by atoms with Crippen LogP contribution in [0.2, 0.25) is 0 Å². The molecule has 1 aromatic rings. The Hall–Kier alpha value is -1.83. The number of aliphatic hydroxyl groups is 1. The van der Waals surface area contributed by atoms with Crippen molar-refractivity contribution in [3.63, 3.8) is 0 Å². The van der Waals surface area contributed by atoms with E-state index in [0.717, 1.165) is 44.1 Å². The van der Waals surface area contributed by atoms with Gasteiger partial charge in [-0.05, 0) is 98.0 Å². The van der Waals surface area contributed by atoms with Gasteiger partial charge in [-0.15, -0.1) is 11.8 Å². The van der Waals surface area contributed by atoms with Crippen molar-refractivity contribution in [2.75, 3.05) is 0 Å². The largest absolute Gasteiger partial charge is 0.388 e. The highest BCUT2D eigenvalue weighted by molar-refractivity contribution is 8.01. The number of nitriles is 1. The van der Waals surface area contributed by atoms with Gasteiger partial charge in [0.15, 0.2) is 5.78 Å². The van der Waals surface area contributed by atoms with Gasteiger partial charge in [-0.2, -0.15) is 5.26 Å². The molecule has 0 amide bonds. The zero-order valence-electron chi connectivity index (χ0n) is 19.7. The molecule has 3 saturated carbocycles. The Morgan fingerprint density at radius 2 is 2.12 bits per heavy atom. The van der Waals surface area contributed by atoms with Crippen LogP contribution in [-0.4, -0.2) is 21.2 Å². The van der Waals surface area contributed by atoms with Gasteiger partial charge >= 0.3 is 0 Å². The molecule has 0 bridgehead atoms. The predicted molar refractivity (Wildman–Crippen MR) is 132 cm³/mol. The zero-order chi connectivity index (χ0) is 23.2. The minimum absolute atomic E-state index is 0.000540. The number of hydrogen-bond donors (Lipinski definition) is 1. The maximum absolute atomic E-state index is 12.5.